The van der Waals surface area contributed by atoms with Gasteiger partial charge in [0.15, 0.2) is 11.3 Å². The summed E-state index contributed by atoms with van der Waals surface area (Å²) in [5.41, 5.74) is 1.97. The van der Waals surface area contributed by atoms with Gasteiger partial charge >= 0.3 is 6.09 Å². The number of aromatic nitrogens is 5. The van der Waals surface area contributed by atoms with Crippen LogP contribution in [0.5, 0.6) is 5.88 Å². The van der Waals surface area contributed by atoms with Crippen LogP contribution in [0.3, 0.4) is 0 Å². The Morgan fingerprint density at radius 2 is 1.97 bits per heavy atom. The highest BCUT2D eigenvalue weighted by Gasteiger charge is 2.27. The van der Waals surface area contributed by atoms with Gasteiger partial charge in [0.05, 0.1) is 23.9 Å². The van der Waals surface area contributed by atoms with Gasteiger partial charge in [-0.2, -0.15) is 5.10 Å². The lowest BCUT2D eigenvalue weighted by atomic mass is 10.1. The molecule has 4 rings (SSSR count). The molecular formula is C24H30N6O5. The van der Waals surface area contributed by atoms with Gasteiger partial charge in [0.1, 0.15) is 11.3 Å². The summed E-state index contributed by atoms with van der Waals surface area (Å²) in [5, 5.41) is 13.8. The minimum atomic E-state index is -0.925. The van der Waals surface area contributed by atoms with Crippen molar-refractivity contribution in [2.24, 2.45) is 0 Å². The zero-order chi connectivity index (χ0) is 25.1. The molecule has 0 saturated carbocycles. The van der Waals surface area contributed by atoms with E-state index in [4.69, 9.17) is 9.72 Å². The number of unbranched alkanes of at least 4 members (excludes halogenated alkanes) is 1. The summed E-state index contributed by atoms with van der Waals surface area (Å²) >= 11 is 0. The van der Waals surface area contributed by atoms with Crippen molar-refractivity contribution in [3.8, 4) is 17.3 Å². The van der Waals surface area contributed by atoms with Crippen LogP contribution < -0.4 is 10.3 Å². The van der Waals surface area contributed by atoms with E-state index in [-0.39, 0.29) is 23.2 Å². The van der Waals surface area contributed by atoms with Crippen molar-refractivity contribution in [2.45, 2.75) is 58.9 Å². The molecule has 1 aliphatic rings. The van der Waals surface area contributed by atoms with Crippen LogP contribution in [0.1, 0.15) is 68.5 Å². The second kappa shape index (κ2) is 10.2. The van der Waals surface area contributed by atoms with Gasteiger partial charge < -0.3 is 19.7 Å². The molecule has 0 aliphatic carbocycles. The van der Waals surface area contributed by atoms with Crippen LogP contribution in [0, 0.1) is 0 Å². The van der Waals surface area contributed by atoms with Crippen LogP contribution in [0.25, 0.3) is 22.4 Å². The van der Waals surface area contributed by atoms with Crippen molar-refractivity contribution in [3.63, 3.8) is 0 Å². The number of piperidine rings is 1. The summed E-state index contributed by atoms with van der Waals surface area (Å²) in [6.07, 6.45) is 4.14. The second-order valence-electron chi connectivity index (χ2n) is 8.69. The van der Waals surface area contributed by atoms with Gasteiger partial charge in [0, 0.05) is 24.8 Å². The molecule has 1 aliphatic heterocycles. The number of nitrogens with one attached hydrogen (secondary N) is 1. The molecule has 11 nitrogen and oxygen atoms in total. The Morgan fingerprint density at radius 3 is 2.60 bits per heavy atom. The van der Waals surface area contributed by atoms with Crippen LogP contribution in [-0.4, -0.2) is 66.3 Å². The predicted molar refractivity (Wildman–Crippen MR) is 129 cm³/mol. The standard InChI is InChI=1S/C24H30N6O5/c1-4-6-11-35-23-17(12-15(13-25-23)14(3)31)21-26-19-18(5-2)30(28-20(19)22(32)27-21)16-7-9-29(10-8-16)24(33)34/h12-13,16H,4-11H2,1-3H3,(H,33,34)(H,26,27,32). The lowest BCUT2D eigenvalue weighted by molar-refractivity contribution is 0.101. The molecule has 0 aromatic carbocycles. The zero-order valence-corrected chi connectivity index (χ0v) is 20.2. The fraction of sp³-hybridized carbons (Fsp3) is 0.500. The number of amides is 1. The summed E-state index contributed by atoms with van der Waals surface area (Å²) in [4.78, 5) is 49.6. The highest BCUT2D eigenvalue weighted by molar-refractivity contribution is 5.95. The van der Waals surface area contributed by atoms with Crippen molar-refractivity contribution >= 4 is 22.9 Å². The number of carbonyl (C=O) groups is 2. The van der Waals surface area contributed by atoms with Gasteiger partial charge in [0.25, 0.3) is 5.56 Å². The topological polar surface area (TPSA) is 143 Å². The maximum atomic E-state index is 13.1. The molecular weight excluding hydrogens is 452 g/mol. The van der Waals surface area contributed by atoms with Crippen molar-refractivity contribution in [3.05, 3.63) is 33.9 Å². The van der Waals surface area contributed by atoms with Crippen LogP contribution in [0.2, 0.25) is 0 Å². The number of pyridine rings is 1. The number of rotatable bonds is 8. The summed E-state index contributed by atoms with van der Waals surface area (Å²) in [6.45, 7) is 6.76. The van der Waals surface area contributed by atoms with E-state index in [1.807, 2.05) is 11.6 Å². The molecule has 0 atom stereocenters. The molecule has 1 fully saturated rings. The molecule has 3 aromatic rings. The maximum Gasteiger partial charge on any atom is 0.407 e. The molecule has 1 amide bonds. The monoisotopic (exact) mass is 482 g/mol. The molecule has 4 heterocycles. The van der Waals surface area contributed by atoms with E-state index in [1.165, 1.54) is 18.0 Å². The smallest absolute Gasteiger partial charge is 0.407 e. The second-order valence-corrected chi connectivity index (χ2v) is 8.69. The third kappa shape index (κ3) is 4.89. The van der Waals surface area contributed by atoms with E-state index in [1.54, 1.807) is 6.07 Å². The number of ether oxygens (including phenoxy) is 1. The van der Waals surface area contributed by atoms with Crippen molar-refractivity contribution in [1.82, 2.24) is 29.6 Å². The Hall–Kier alpha value is -3.76. The zero-order valence-electron chi connectivity index (χ0n) is 20.2. The first-order valence-corrected chi connectivity index (χ1v) is 12.0. The van der Waals surface area contributed by atoms with Gasteiger partial charge in [0.2, 0.25) is 5.88 Å². The Labute approximate surface area is 202 Å². The van der Waals surface area contributed by atoms with Gasteiger partial charge in [-0.05, 0) is 38.7 Å². The Balaban J connectivity index is 1.78. The number of carbonyl (C=O) groups excluding carboxylic acids is 1. The molecule has 11 heteroatoms. The minimum Gasteiger partial charge on any atom is -0.477 e. The van der Waals surface area contributed by atoms with Crippen molar-refractivity contribution in [2.75, 3.05) is 19.7 Å². The van der Waals surface area contributed by atoms with Crippen molar-refractivity contribution in [1.29, 1.82) is 0 Å². The normalized spacial score (nSPS) is 14.4. The molecule has 0 spiro atoms. The first kappa shape index (κ1) is 24.4. The number of H-pyrrole nitrogens is 1. The Kier molecular flexibility index (Phi) is 7.13. The third-order valence-electron chi connectivity index (χ3n) is 6.32. The average Bonchev–Trinajstić information content (AvgIpc) is 3.23. The number of likely N-dealkylation sites (tertiary alicyclic amines) is 1. The molecule has 3 aromatic heterocycles. The van der Waals surface area contributed by atoms with Gasteiger partial charge in [-0.15, -0.1) is 0 Å². The van der Waals surface area contributed by atoms with Crippen LogP contribution in [0.15, 0.2) is 17.1 Å². The van der Waals surface area contributed by atoms with Crippen molar-refractivity contribution < 1.29 is 19.4 Å². The fourth-order valence-electron chi connectivity index (χ4n) is 4.34. The molecule has 186 valence electrons. The summed E-state index contributed by atoms with van der Waals surface area (Å²) in [7, 11) is 0. The van der Waals surface area contributed by atoms with Crippen LogP contribution in [0.4, 0.5) is 4.79 Å². The quantitative estimate of drug-likeness (QED) is 0.367. The number of hydrogen-bond donors (Lipinski definition) is 2. The SMILES string of the molecule is CCCCOc1ncc(C(C)=O)cc1-c1nc2c(CC)n(C3CCN(C(=O)O)CC3)nc2c(=O)[nH]1. The van der Waals surface area contributed by atoms with E-state index in [0.717, 1.165) is 18.5 Å². The number of hydrogen-bond acceptors (Lipinski definition) is 7. The number of nitrogens with zero attached hydrogens (tertiary/aromatic N) is 5. The third-order valence-corrected chi connectivity index (χ3v) is 6.32. The largest absolute Gasteiger partial charge is 0.477 e. The Bertz CT molecular complexity index is 1310. The molecule has 2 N–H and O–H groups in total. The first-order chi connectivity index (χ1) is 16.8. The molecule has 35 heavy (non-hydrogen) atoms. The average molecular weight is 483 g/mol. The molecule has 0 unspecified atom stereocenters. The van der Waals surface area contributed by atoms with E-state index < -0.39 is 11.7 Å². The van der Waals surface area contributed by atoms with Gasteiger partial charge in [-0.3, -0.25) is 14.3 Å². The lowest BCUT2D eigenvalue weighted by Gasteiger charge is -2.30. The number of carboxylic acid groups (broad SMARTS) is 1. The minimum absolute atomic E-state index is 0.0201. The molecule has 0 radical (unpaired) electrons. The highest BCUT2D eigenvalue weighted by atomic mass is 16.5. The summed E-state index contributed by atoms with van der Waals surface area (Å²) < 4.78 is 7.68. The number of fused-ring (bicyclic) bond motifs is 1. The predicted octanol–water partition coefficient (Wildman–Crippen LogP) is 3.44. The molecule has 0 bridgehead atoms. The van der Waals surface area contributed by atoms with E-state index in [9.17, 15) is 19.5 Å². The number of aryl methyl sites for hydroxylation is 1. The van der Waals surface area contributed by atoms with Gasteiger partial charge in [-0.1, -0.05) is 20.3 Å². The van der Waals surface area contributed by atoms with E-state index >= 15 is 0 Å². The maximum absolute atomic E-state index is 13.1. The number of aromatic amines is 1. The van der Waals surface area contributed by atoms with E-state index in [0.29, 0.717) is 61.5 Å². The van der Waals surface area contributed by atoms with Gasteiger partial charge in [-0.25, -0.2) is 14.8 Å². The molecule has 1 saturated heterocycles. The highest BCUT2D eigenvalue weighted by Crippen LogP contribution is 2.30. The summed E-state index contributed by atoms with van der Waals surface area (Å²) in [6, 6.07) is 1.62. The first-order valence-electron chi connectivity index (χ1n) is 12.0. The van der Waals surface area contributed by atoms with Crippen LogP contribution >= 0.6 is 0 Å². The summed E-state index contributed by atoms with van der Waals surface area (Å²) in [5.74, 6) is 0.411. The van der Waals surface area contributed by atoms with E-state index in [2.05, 4.69) is 22.0 Å². The van der Waals surface area contributed by atoms with Crippen LogP contribution in [-0.2, 0) is 6.42 Å². The fourth-order valence-corrected chi connectivity index (χ4v) is 4.34. The number of ketones is 1. The number of Topliss-reactive ketones (excluding diaryl/α,β-unsaturated/α-hetero) is 1. The Morgan fingerprint density at radius 1 is 1.23 bits per heavy atom. The lowest BCUT2D eigenvalue weighted by Crippen LogP contribution is -2.38.